The summed E-state index contributed by atoms with van der Waals surface area (Å²) in [7, 11) is 0. The zero-order chi connectivity index (χ0) is 12.6. The molecule has 4 heteroatoms. The van der Waals surface area contributed by atoms with E-state index in [0.717, 1.165) is 16.5 Å². The van der Waals surface area contributed by atoms with Gasteiger partial charge in [0, 0.05) is 10.4 Å². The Hall–Kier alpha value is -1.48. The minimum absolute atomic E-state index is 0.337. The standard InChI is InChI=1S/C13H13ClO3/c1-4-16-13(15)9-6-17-10-5-7(2)12(14)8(3)11(9)10/h5-6H,4H2,1-3H3. The Morgan fingerprint density at radius 1 is 1.47 bits per heavy atom. The molecule has 1 heterocycles. The van der Waals surface area contributed by atoms with E-state index < -0.39 is 0 Å². The molecule has 0 saturated carbocycles. The number of carbonyl (C=O) groups excluding carboxylic acids is 1. The monoisotopic (exact) mass is 252 g/mol. The Bertz CT molecular complexity index is 584. The summed E-state index contributed by atoms with van der Waals surface area (Å²) < 4.78 is 10.4. The number of rotatable bonds is 2. The van der Waals surface area contributed by atoms with E-state index in [2.05, 4.69) is 0 Å². The Kier molecular flexibility index (Phi) is 3.11. The van der Waals surface area contributed by atoms with Gasteiger partial charge in [-0.3, -0.25) is 0 Å². The summed E-state index contributed by atoms with van der Waals surface area (Å²) in [5, 5.41) is 1.39. The van der Waals surface area contributed by atoms with E-state index in [0.29, 0.717) is 22.8 Å². The molecule has 1 aromatic heterocycles. The van der Waals surface area contributed by atoms with Crippen molar-refractivity contribution in [2.24, 2.45) is 0 Å². The van der Waals surface area contributed by atoms with Crippen LogP contribution in [0.5, 0.6) is 0 Å². The lowest BCUT2D eigenvalue weighted by molar-refractivity contribution is 0.0527. The van der Waals surface area contributed by atoms with Gasteiger partial charge in [0.25, 0.3) is 0 Å². The molecule has 1 aromatic carbocycles. The zero-order valence-corrected chi connectivity index (χ0v) is 10.7. The van der Waals surface area contributed by atoms with Crippen LogP contribution >= 0.6 is 11.6 Å². The zero-order valence-electron chi connectivity index (χ0n) is 9.96. The first-order valence-corrected chi connectivity index (χ1v) is 5.78. The van der Waals surface area contributed by atoms with Crippen molar-refractivity contribution in [2.45, 2.75) is 20.8 Å². The molecule has 0 atom stereocenters. The first-order valence-electron chi connectivity index (χ1n) is 5.40. The summed E-state index contributed by atoms with van der Waals surface area (Å²) in [5.74, 6) is -0.380. The first-order chi connectivity index (χ1) is 8.06. The second-order valence-corrected chi connectivity index (χ2v) is 4.25. The lowest BCUT2D eigenvalue weighted by Crippen LogP contribution is -2.04. The van der Waals surface area contributed by atoms with E-state index >= 15 is 0 Å². The van der Waals surface area contributed by atoms with Gasteiger partial charge in [-0.05, 0) is 38.0 Å². The molecule has 0 fully saturated rings. The van der Waals surface area contributed by atoms with Gasteiger partial charge in [-0.25, -0.2) is 4.79 Å². The van der Waals surface area contributed by atoms with E-state index in [1.807, 2.05) is 19.9 Å². The number of ether oxygens (including phenoxy) is 1. The summed E-state index contributed by atoms with van der Waals surface area (Å²) in [5.41, 5.74) is 2.87. The molecule has 3 nitrogen and oxygen atoms in total. The molecule has 0 aliphatic carbocycles. The van der Waals surface area contributed by atoms with Gasteiger partial charge in [-0.1, -0.05) is 11.6 Å². The van der Waals surface area contributed by atoms with Gasteiger partial charge >= 0.3 is 5.97 Å². The van der Waals surface area contributed by atoms with Crippen LogP contribution in [0.1, 0.15) is 28.4 Å². The fraction of sp³-hybridized carbons (Fsp3) is 0.308. The van der Waals surface area contributed by atoms with Gasteiger partial charge in [0.1, 0.15) is 17.4 Å². The smallest absolute Gasteiger partial charge is 0.342 e. The predicted molar refractivity (Wildman–Crippen MR) is 66.7 cm³/mol. The summed E-state index contributed by atoms with van der Waals surface area (Å²) in [6.07, 6.45) is 1.42. The summed E-state index contributed by atoms with van der Waals surface area (Å²) in [4.78, 5) is 11.7. The normalized spacial score (nSPS) is 10.8. The number of hydrogen-bond acceptors (Lipinski definition) is 3. The number of hydrogen-bond donors (Lipinski definition) is 0. The quantitative estimate of drug-likeness (QED) is 0.762. The molecule has 0 N–H and O–H groups in total. The van der Waals surface area contributed by atoms with Gasteiger partial charge in [0.15, 0.2) is 0 Å². The molecule has 0 aliphatic rings. The van der Waals surface area contributed by atoms with Crippen molar-refractivity contribution in [3.05, 3.63) is 34.0 Å². The average Bonchev–Trinajstić information content (AvgIpc) is 2.70. The topological polar surface area (TPSA) is 39.4 Å². The first kappa shape index (κ1) is 12.0. The van der Waals surface area contributed by atoms with Crippen LogP contribution in [0, 0.1) is 13.8 Å². The van der Waals surface area contributed by atoms with Gasteiger partial charge in [-0.2, -0.15) is 0 Å². The van der Waals surface area contributed by atoms with Gasteiger partial charge in [0.05, 0.1) is 6.61 Å². The van der Waals surface area contributed by atoms with E-state index in [9.17, 15) is 4.79 Å². The number of aryl methyl sites for hydroxylation is 2. The van der Waals surface area contributed by atoms with Gasteiger partial charge < -0.3 is 9.15 Å². The van der Waals surface area contributed by atoms with Crippen LogP contribution in [0.3, 0.4) is 0 Å². The molecular formula is C13H13ClO3. The number of furan rings is 1. The molecule has 2 rings (SSSR count). The molecule has 0 unspecified atom stereocenters. The number of benzene rings is 1. The highest BCUT2D eigenvalue weighted by molar-refractivity contribution is 6.33. The second kappa shape index (κ2) is 4.41. The van der Waals surface area contributed by atoms with Crippen LogP contribution in [0.15, 0.2) is 16.7 Å². The van der Waals surface area contributed by atoms with E-state index in [4.69, 9.17) is 20.8 Å². The van der Waals surface area contributed by atoms with E-state index in [1.54, 1.807) is 6.92 Å². The number of esters is 1. The number of fused-ring (bicyclic) bond motifs is 1. The summed E-state index contributed by atoms with van der Waals surface area (Å²) >= 11 is 6.17. The third-order valence-electron chi connectivity index (χ3n) is 2.71. The van der Waals surface area contributed by atoms with Crippen molar-refractivity contribution in [3.8, 4) is 0 Å². The number of carbonyl (C=O) groups is 1. The Morgan fingerprint density at radius 3 is 2.82 bits per heavy atom. The molecule has 2 aromatic rings. The number of halogens is 1. The van der Waals surface area contributed by atoms with Crippen LogP contribution in [0.4, 0.5) is 0 Å². The molecule has 0 bridgehead atoms. The van der Waals surface area contributed by atoms with Crippen molar-refractivity contribution in [1.29, 1.82) is 0 Å². The highest BCUT2D eigenvalue weighted by Crippen LogP contribution is 2.32. The molecule has 90 valence electrons. The maximum atomic E-state index is 11.7. The fourth-order valence-electron chi connectivity index (χ4n) is 1.89. The van der Waals surface area contributed by atoms with Crippen LogP contribution in [0.25, 0.3) is 11.0 Å². The molecule has 0 aliphatic heterocycles. The molecule has 17 heavy (non-hydrogen) atoms. The highest BCUT2D eigenvalue weighted by Gasteiger charge is 2.18. The van der Waals surface area contributed by atoms with Crippen LogP contribution < -0.4 is 0 Å². The van der Waals surface area contributed by atoms with Crippen LogP contribution in [-0.4, -0.2) is 12.6 Å². The maximum absolute atomic E-state index is 11.7. The average molecular weight is 253 g/mol. The van der Waals surface area contributed by atoms with Crippen molar-refractivity contribution in [2.75, 3.05) is 6.61 Å². The lowest BCUT2D eigenvalue weighted by Gasteiger charge is -2.05. The third kappa shape index (κ3) is 1.91. The maximum Gasteiger partial charge on any atom is 0.342 e. The fourth-order valence-corrected chi connectivity index (χ4v) is 2.04. The minimum atomic E-state index is -0.380. The lowest BCUT2D eigenvalue weighted by atomic mass is 10.0. The Labute approximate surface area is 104 Å². The second-order valence-electron chi connectivity index (χ2n) is 3.88. The van der Waals surface area contributed by atoms with Crippen molar-refractivity contribution < 1.29 is 13.9 Å². The predicted octanol–water partition coefficient (Wildman–Crippen LogP) is 3.88. The van der Waals surface area contributed by atoms with Crippen molar-refractivity contribution in [1.82, 2.24) is 0 Å². The molecule has 0 spiro atoms. The Balaban J connectivity index is 2.68. The third-order valence-corrected chi connectivity index (χ3v) is 3.29. The minimum Gasteiger partial charge on any atom is -0.463 e. The summed E-state index contributed by atoms with van der Waals surface area (Å²) in [6, 6.07) is 1.83. The van der Waals surface area contributed by atoms with E-state index in [1.165, 1.54) is 6.26 Å². The molecule has 0 radical (unpaired) electrons. The molecule has 0 saturated heterocycles. The van der Waals surface area contributed by atoms with Crippen molar-refractivity contribution >= 4 is 28.5 Å². The van der Waals surface area contributed by atoms with Gasteiger partial charge in [-0.15, -0.1) is 0 Å². The molecular weight excluding hydrogens is 240 g/mol. The summed E-state index contributed by atoms with van der Waals surface area (Å²) in [6.45, 7) is 5.88. The van der Waals surface area contributed by atoms with Gasteiger partial charge in [0.2, 0.25) is 0 Å². The highest BCUT2D eigenvalue weighted by atomic mass is 35.5. The largest absolute Gasteiger partial charge is 0.463 e. The Morgan fingerprint density at radius 2 is 2.18 bits per heavy atom. The molecule has 0 amide bonds. The van der Waals surface area contributed by atoms with E-state index in [-0.39, 0.29) is 5.97 Å². The SMILES string of the molecule is CCOC(=O)c1coc2cc(C)c(Cl)c(C)c12. The van der Waals surface area contributed by atoms with Crippen molar-refractivity contribution in [3.63, 3.8) is 0 Å². The van der Waals surface area contributed by atoms with Crippen LogP contribution in [-0.2, 0) is 4.74 Å². The van der Waals surface area contributed by atoms with Crippen LogP contribution in [0.2, 0.25) is 5.02 Å².